The van der Waals surface area contributed by atoms with E-state index in [1.165, 1.54) is 0 Å². The maximum absolute atomic E-state index is 14.8. The third-order valence-electron chi connectivity index (χ3n) is 9.44. The molecule has 216 valence electrons. The molecule has 3 fully saturated rings. The van der Waals surface area contributed by atoms with Crippen LogP contribution in [0.15, 0.2) is 61.2 Å². The van der Waals surface area contributed by atoms with Crippen LogP contribution < -0.4 is 4.72 Å². The molecule has 8 heteroatoms. The maximum atomic E-state index is 14.8. The standard InChI is InChI=1S/C32H40Cl2N2O3S/c1-3-18-32(4-2)20-28(24-8-7-9-26(34)19-24)30(23-14-16-25(33)17-15-23)36(31(32)37)29(22-12-13-22)21-35-40(38,39)27-10-5-6-11-27/h3,7-9,14-17,19,22,27-30,35H,1,4-6,10-13,18,20-21H2,2H3/t28?,29-,30-,32+/m1/s1. The second-order valence-electron chi connectivity index (χ2n) is 11.9. The predicted octanol–water partition coefficient (Wildman–Crippen LogP) is 7.66. The first-order valence-corrected chi connectivity index (χ1v) is 16.9. The van der Waals surface area contributed by atoms with Crippen LogP contribution >= 0.6 is 23.2 Å². The van der Waals surface area contributed by atoms with E-state index in [0.717, 1.165) is 36.8 Å². The van der Waals surface area contributed by atoms with Crippen molar-refractivity contribution in [3.8, 4) is 0 Å². The Balaban J connectivity index is 1.62. The van der Waals surface area contributed by atoms with Crippen LogP contribution in [0.5, 0.6) is 0 Å². The number of amides is 1. The van der Waals surface area contributed by atoms with Gasteiger partial charge in [0.05, 0.1) is 16.7 Å². The molecule has 1 saturated heterocycles. The quantitative estimate of drug-likeness (QED) is 0.268. The van der Waals surface area contributed by atoms with Gasteiger partial charge in [-0.3, -0.25) is 4.79 Å². The Labute approximate surface area is 249 Å². The second-order valence-corrected chi connectivity index (χ2v) is 14.8. The molecule has 2 saturated carbocycles. The summed E-state index contributed by atoms with van der Waals surface area (Å²) >= 11 is 12.8. The summed E-state index contributed by atoms with van der Waals surface area (Å²) in [7, 11) is -3.46. The molecule has 1 heterocycles. The number of nitrogens with one attached hydrogen (secondary N) is 1. The van der Waals surface area contributed by atoms with Gasteiger partial charge in [0, 0.05) is 28.5 Å². The Hall–Kier alpha value is -1.86. The number of hydrogen-bond donors (Lipinski definition) is 1. The van der Waals surface area contributed by atoms with Gasteiger partial charge in [0.25, 0.3) is 0 Å². The molecular weight excluding hydrogens is 563 g/mol. The summed E-state index contributed by atoms with van der Waals surface area (Å²) in [4.78, 5) is 16.8. The minimum Gasteiger partial charge on any atom is -0.330 e. The number of sulfonamides is 1. The predicted molar refractivity (Wildman–Crippen MR) is 163 cm³/mol. The summed E-state index contributed by atoms with van der Waals surface area (Å²) in [6.45, 7) is 6.32. The van der Waals surface area contributed by atoms with Crippen LogP contribution in [0.25, 0.3) is 0 Å². The molecule has 0 radical (unpaired) electrons. The molecule has 1 aliphatic heterocycles. The van der Waals surface area contributed by atoms with E-state index in [4.69, 9.17) is 23.2 Å². The van der Waals surface area contributed by atoms with Crippen LogP contribution in [0, 0.1) is 11.3 Å². The zero-order valence-corrected chi connectivity index (χ0v) is 25.5. The molecule has 0 aromatic heterocycles. The fraction of sp³-hybridized carbons (Fsp3) is 0.531. The minimum atomic E-state index is -3.46. The zero-order chi connectivity index (χ0) is 28.5. The van der Waals surface area contributed by atoms with Gasteiger partial charge < -0.3 is 4.90 Å². The fourth-order valence-corrected chi connectivity index (χ4v) is 8.96. The highest BCUT2D eigenvalue weighted by Crippen LogP contribution is 2.55. The van der Waals surface area contributed by atoms with E-state index in [9.17, 15) is 13.2 Å². The summed E-state index contributed by atoms with van der Waals surface area (Å²) in [5, 5.41) is 0.949. The molecule has 5 nitrogen and oxygen atoms in total. The Morgan fingerprint density at radius 3 is 2.35 bits per heavy atom. The molecule has 0 spiro atoms. The third-order valence-corrected chi connectivity index (χ3v) is 11.8. The molecule has 1 N–H and O–H groups in total. The maximum Gasteiger partial charge on any atom is 0.229 e. The van der Waals surface area contributed by atoms with E-state index < -0.39 is 15.4 Å². The topological polar surface area (TPSA) is 66.5 Å². The van der Waals surface area contributed by atoms with Crippen molar-refractivity contribution >= 4 is 39.1 Å². The van der Waals surface area contributed by atoms with Gasteiger partial charge in [0.15, 0.2) is 0 Å². The highest BCUT2D eigenvalue weighted by atomic mass is 35.5. The average molecular weight is 604 g/mol. The molecule has 4 atom stereocenters. The summed E-state index contributed by atoms with van der Waals surface area (Å²) in [5.41, 5.74) is 1.44. The number of likely N-dealkylation sites (tertiary alicyclic amines) is 1. The van der Waals surface area contributed by atoms with Crippen molar-refractivity contribution in [2.45, 2.75) is 88.0 Å². The highest BCUT2D eigenvalue weighted by molar-refractivity contribution is 7.90. The fourth-order valence-electron chi connectivity index (χ4n) is 7.04. The van der Waals surface area contributed by atoms with E-state index in [0.29, 0.717) is 42.1 Å². The molecule has 2 aromatic carbocycles. The van der Waals surface area contributed by atoms with Crippen LogP contribution in [0.4, 0.5) is 0 Å². The van der Waals surface area contributed by atoms with Gasteiger partial charge in [0.1, 0.15) is 0 Å². The van der Waals surface area contributed by atoms with Crippen molar-refractivity contribution in [3.05, 3.63) is 82.4 Å². The minimum absolute atomic E-state index is 0.0369. The van der Waals surface area contributed by atoms with E-state index in [2.05, 4.69) is 29.2 Å². The molecule has 1 amide bonds. The van der Waals surface area contributed by atoms with Crippen molar-refractivity contribution in [1.82, 2.24) is 9.62 Å². The van der Waals surface area contributed by atoms with Crippen molar-refractivity contribution in [1.29, 1.82) is 0 Å². The van der Waals surface area contributed by atoms with Crippen molar-refractivity contribution < 1.29 is 13.2 Å². The number of carbonyl (C=O) groups is 1. The van der Waals surface area contributed by atoms with E-state index in [1.807, 2.05) is 48.5 Å². The number of allylic oxidation sites excluding steroid dienone is 1. The smallest absolute Gasteiger partial charge is 0.229 e. The number of carbonyl (C=O) groups excluding carboxylic acids is 1. The Morgan fingerprint density at radius 1 is 1.05 bits per heavy atom. The number of nitrogens with zero attached hydrogens (tertiary/aromatic N) is 1. The second kappa shape index (κ2) is 12.2. The Bertz CT molecular complexity index is 1320. The SMILES string of the molecule is C=CC[C@@]1(CC)CC(c2cccc(Cl)c2)[C@@H](c2ccc(Cl)cc2)N([C@H](CNS(=O)(=O)C2CCCC2)C2CC2)C1=O. The lowest BCUT2D eigenvalue weighted by Crippen LogP contribution is -2.59. The van der Waals surface area contributed by atoms with Crippen molar-refractivity contribution in [3.63, 3.8) is 0 Å². The first kappa shape index (κ1) is 29.6. The first-order chi connectivity index (χ1) is 19.2. The molecule has 2 aromatic rings. The van der Waals surface area contributed by atoms with E-state index in [1.54, 1.807) is 0 Å². The molecule has 40 heavy (non-hydrogen) atoms. The molecular formula is C32H40Cl2N2O3S. The van der Waals surface area contributed by atoms with Gasteiger partial charge >= 0.3 is 0 Å². The van der Waals surface area contributed by atoms with Crippen LogP contribution in [0.2, 0.25) is 10.0 Å². The van der Waals surface area contributed by atoms with Crippen LogP contribution in [0.1, 0.15) is 87.8 Å². The van der Waals surface area contributed by atoms with Gasteiger partial charge in [-0.05, 0) is 86.3 Å². The van der Waals surface area contributed by atoms with E-state index >= 15 is 0 Å². The lowest BCUT2D eigenvalue weighted by molar-refractivity contribution is -0.156. The third kappa shape index (κ3) is 6.01. The number of benzene rings is 2. The Morgan fingerprint density at radius 2 is 1.75 bits per heavy atom. The summed E-state index contributed by atoms with van der Waals surface area (Å²) < 4.78 is 29.5. The molecule has 1 unspecified atom stereocenters. The van der Waals surface area contributed by atoms with Gasteiger partial charge in [-0.1, -0.05) is 73.3 Å². The summed E-state index contributed by atoms with van der Waals surface area (Å²) in [6, 6.07) is 15.2. The summed E-state index contributed by atoms with van der Waals surface area (Å²) in [6.07, 6.45) is 9.01. The number of rotatable bonds is 11. The number of hydrogen-bond acceptors (Lipinski definition) is 3. The summed E-state index contributed by atoms with van der Waals surface area (Å²) in [5.74, 6) is 0.302. The van der Waals surface area contributed by atoms with Gasteiger partial charge in [0.2, 0.25) is 15.9 Å². The molecule has 5 rings (SSSR count). The van der Waals surface area contributed by atoms with Crippen LogP contribution in [0.3, 0.4) is 0 Å². The molecule has 3 aliphatic rings. The molecule has 0 bridgehead atoms. The van der Waals surface area contributed by atoms with Crippen LogP contribution in [-0.2, 0) is 14.8 Å². The van der Waals surface area contributed by atoms with Crippen LogP contribution in [-0.4, -0.2) is 37.1 Å². The first-order valence-electron chi connectivity index (χ1n) is 14.6. The van der Waals surface area contributed by atoms with Crippen molar-refractivity contribution in [2.75, 3.05) is 6.54 Å². The molecule has 2 aliphatic carbocycles. The lowest BCUT2D eigenvalue weighted by Gasteiger charge is -2.53. The Kier molecular flexibility index (Phi) is 9.01. The number of halogens is 2. The highest BCUT2D eigenvalue weighted by Gasteiger charge is 2.54. The van der Waals surface area contributed by atoms with Crippen molar-refractivity contribution in [2.24, 2.45) is 11.3 Å². The monoisotopic (exact) mass is 602 g/mol. The van der Waals surface area contributed by atoms with Gasteiger partial charge in [-0.15, -0.1) is 6.58 Å². The van der Waals surface area contributed by atoms with E-state index in [-0.39, 0.29) is 41.6 Å². The van der Waals surface area contributed by atoms with Gasteiger partial charge in [-0.25, -0.2) is 13.1 Å². The average Bonchev–Trinajstić information content (AvgIpc) is 3.61. The van der Waals surface area contributed by atoms with Gasteiger partial charge in [-0.2, -0.15) is 0 Å². The number of piperidine rings is 1. The normalized spacial score (nSPS) is 26.7. The lowest BCUT2D eigenvalue weighted by atomic mass is 9.65. The zero-order valence-electron chi connectivity index (χ0n) is 23.2. The largest absolute Gasteiger partial charge is 0.330 e.